The van der Waals surface area contributed by atoms with Gasteiger partial charge in [0.25, 0.3) is 5.56 Å². The highest BCUT2D eigenvalue weighted by molar-refractivity contribution is 9.10. The van der Waals surface area contributed by atoms with Crippen molar-refractivity contribution < 1.29 is 0 Å². The molecule has 1 N–H and O–H groups in total. The third-order valence-corrected chi connectivity index (χ3v) is 4.75. The lowest BCUT2D eigenvalue weighted by atomic mass is 10.1. The Hall–Kier alpha value is -2.66. The van der Waals surface area contributed by atoms with E-state index in [1.165, 1.54) is 10.1 Å². The minimum absolute atomic E-state index is 0.120. The molecular formula is C20H16BrN3O. The van der Waals surface area contributed by atoms with E-state index in [4.69, 9.17) is 4.98 Å². The lowest BCUT2D eigenvalue weighted by Gasteiger charge is -2.04. The smallest absolute Gasteiger partial charge is 0.273 e. The molecule has 0 atom stereocenters. The maximum atomic E-state index is 12.6. The summed E-state index contributed by atoms with van der Waals surface area (Å²) in [6.45, 7) is 3.99. The van der Waals surface area contributed by atoms with Crippen molar-refractivity contribution in [2.24, 2.45) is 0 Å². The van der Waals surface area contributed by atoms with E-state index in [-0.39, 0.29) is 5.56 Å². The Labute approximate surface area is 153 Å². The lowest BCUT2D eigenvalue weighted by molar-refractivity contribution is 0.882. The van der Waals surface area contributed by atoms with E-state index in [0.29, 0.717) is 11.3 Å². The van der Waals surface area contributed by atoms with Crippen LogP contribution in [0.5, 0.6) is 0 Å². The molecule has 0 saturated carbocycles. The van der Waals surface area contributed by atoms with Crippen molar-refractivity contribution in [3.8, 4) is 22.4 Å². The molecule has 2 heterocycles. The predicted octanol–water partition coefficient (Wildman–Crippen LogP) is 4.74. The zero-order chi connectivity index (χ0) is 17.6. The van der Waals surface area contributed by atoms with E-state index < -0.39 is 0 Å². The summed E-state index contributed by atoms with van der Waals surface area (Å²) in [5, 5.41) is 3.13. The van der Waals surface area contributed by atoms with Gasteiger partial charge in [-0.1, -0.05) is 57.9 Å². The molecule has 0 fully saturated rings. The summed E-state index contributed by atoms with van der Waals surface area (Å²) < 4.78 is 2.49. The molecule has 2 aromatic heterocycles. The van der Waals surface area contributed by atoms with Gasteiger partial charge in [0.1, 0.15) is 0 Å². The second-order valence-corrected chi connectivity index (χ2v) is 7.04. The topological polar surface area (TPSA) is 50.2 Å². The van der Waals surface area contributed by atoms with Crippen LogP contribution < -0.4 is 5.56 Å². The average Bonchev–Trinajstić information content (AvgIpc) is 2.92. The van der Waals surface area contributed by atoms with Gasteiger partial charge in [-0.25, -0.2) is 9.50 Å². The van der Waals surface area contributed by atoms with Gasteiger partial charge < -0.3 is 0 Å². The van der Waals surface area contributed by atoms with Crippen molar-refractivity contribution in [2.75, 3.05) is 0 Å². The molecule has 0 unspecified atom stereocenters. The van der Waals surface area contributed by atoms with E-state index in [1.807, 2.05) is 62.4 Å². The predicted molar refractivity (Wildman–Crippen MR) is 104 cm³/mol. The van der Waals surface area contributed by atoms with Gasteiger partial charge in [-0.15, -0.1) is 0 Å². The summed E-state index contributed by atoms with van der Waals surface area (Å²) in [4.78, 5) is 17.4. The van der Waals surface area contributed by atoms with Crippen LogP contribution in [0.4, 0.5) is 0 Å². The first-order chi connectivity index (χ1) is 12.0. The summed E-state index contributed by atoms with van der Waals surface area (Å²) in [5.41, 5.74) is 6.16. The lowest BCUT2D eigenvalue weighted by Crippen LogP contribution is -2.14. The zero-order valence-electron chi connectivity index (χ0n) is 13.9. The monoisotopic (exact) mass is 393 g/mol. The molecule has 0 spiro atoms. The number of halogens is 1. The number of rotatable bonds is 2. The van der Waals surface area contributed by atoms with Crippen molar-refractivity contribution in [1.82, 2.24) is 14.6 Å². The highest BCUT2D eigenvalue weighted by Crippen LogP contribution is 2.29. The van der Waals surface area contributed by atoms with Crippen molar-refractivity contribution in [2.45, 2.75) is 13.8 Å². The van der Waals surface area contributed by atoms with Gasteiger partial charge in [0.2, 0.25) is 0 Å². The van der Waals surface area contributed by atoms with Crippen molar-refractivity contribution in [1.29, 1.82) is 0 Å². The molecule has 0 aliphatic heterocycles. The third-order valence-electron chi connectivity index (χ3n) is 4.26. The molecule has 0 radical (unpaired) electrons. The van der Waals surface area contributed by atoms with E-state index >= 15 is 0 Å². The summed E-state index contributed by atoms with van der Waals surface area (Å²) in [5.74, 6) is 0. The molecule has 25 heavy (non-hydrogen) atoms. The molecular weight excluding hydrogens is 378 g/mol. The molecule has 0 amide bonds. The van der Waals surface area contributed by atoms with Crippen LogP contribution >= 0.6 is 15.9 Å². The summed E-state index contributed by atoms with van der Waals surface area (Å²) in [6, 6.07) is 17.6. The Kier molecular flexibility index (Phi) is 3.81. The van der Waals surface area contributed by atoms with Gasteiger partial charge in [0.05, 0.1) is 5.69 Å². The number of aromatic amines is 1. The number of H-pyrrole nitrogens is 1. The summed E-state index contributed by atoms with van der Waals surface area (Å²) in [6.07, 6.45) is 0. The van der Waals surface area contributed by atoms with Crippen LogP contribution in [-0.4, -0.2) is 14.6 Å². The fourth-order valence-electron chi connectivity index (χ4n) is 3.01. The second-order valence-electron chi connectivity index (χ2n) is 6.13. The van der Waals surface area contributed by atoms with E-state index in [2.05, 4.69) is 21.0 Å². The summed E-state index contributed by atoms with van der Waals surface area (Å²) >= 11 is 3.51. The van der Waals surface area contributed by atoms with Gasteiger partial charge >= 0.3 is 0 Å². The molecule has 4 aromatic rings. The van der Waals surface area contributed by atoms with Gasteiger partial charge in [-0.3, -0.25) is 9.89 Å². The number of fused-ring (bicyclic) bond motifs is 1. The van der Waals surface area contributed by atoms with Crippen LogP contribution in [0.1, 0.15) is 11.3 Å². The number of aryl methyl sites for hydroxylation is 2. The first-order valence-corrected chi connectivity index (χ1v) is 8.77. The molecule has 2 aromatic carbocycles. The average molecular weight is 394 g/mol. The fraction of sp³-hybridized carbons (Fsp3) is 0.100. The third kappa shape index (κ3) is 2.81. The van der Waals surface area contributed by atoms with Crippen LogP contribution in [0.2, 0.25) is 0 Å². The number of hydrogen-bond donors (Lipinski definition) is 1. The fourth-order valence-corrected chi connectivity index (χ4v) is 3.41. The Morgan fingerprint density at radius 2 is 1.76 bits per heavy atom. The van der Waals surface area contributed by atoms with Crippen molar-refractivity contribution in [3.05, 3.63) is 80.7 Å². The van der Waals surface area contributed by atoms with Crippen molar-refractivity contribution >= 4 is 21.6 Å². The largest absolute Gasteiger partial charge is 0.293 e. The number of hydrogen-bond acceptors (Lipinski definition) is 2. The zero-order valence-corrected chi connectivity index (χ0v) is 15.5. The summed E-state index contributed by atoms with van der Waals surface area (Å²) in [7, 11) is 0. The molecule has 0 aliphatic rings. The maximum Gasteiger partial charge on any atom is 0.273 e. The molecule has 0 bridgehead atoms. The van der Waals surface area contributed by atoms with Gasteiger partial charge in [0.15, 0.2) is 5.65 Å². The Bertz CT molecular complexity index is 1140. The minimum atomic E-state index is -0.120. The van der Waals surface area contributed by atoms with E-state index in [9.17, 15) is 4.79 Å². The van der Waals surface area contributed by atoms with Crippen LogP contribution in [0.15, 0.2) is 63.9 Å². The second kappa shape index (κ2) is 6.01. The normalized spacial score (nSPS) is 11.2. The number of benzene rings is 2. The molecule has 4 nitrogen and oxygen atoms in total. The molecule has 5 heteroatoms. The Morgan fingerprint density at radius 3 is 2.48 bits per heavy atom. The SMILES string of the molecule is Cc1ccc(-c2cc(=O)n3[nH]c(C)c(-c4cccc(Br)c4)c3n2)cc1. The highest BCUT2D eigenvalue weighted by Gasteiger charge is 2.15. The van der Waals surface area contributed by atoms with Gasteiger partial charge in [-0.2, -0.15) is 0 Å². The van der Waals surface area contributed by atoms with Gasteiger partial charge in [0, 0.05) is 27.4 Å². The maximum absolute atomic E-state index is 12.6. The van der Waals surface area contributed by atoms with Crippen LogP contribution in [0.3, 0.4) is 0 Å². The van der Waals surface area contributed by atoms with Gasteiger partial charge in [-0.05, 0) is 31.5 Å². The van der Waals surface area contributed by atoms with E-state index in [0.717, 1.165) is 26.9 Å². The van der Waals surface area contributed by atoms with Crippen LogP contribution in [0, 0.1) is 13.8 Å². The quantitative estimate of drug-likeness (QED) is 0.534. The standard InChI is InChI=1S/C20H16BrN3O/c1-12-6-8-14(9-7-12)17-11-18(25)24-20(22-17)19(13(2)23-24)15-4-3-5-16(21)10-15/h3-11,23H,1-2H3. The van der Waals surface area contributed by atoms with Crippen LogP contribution in [0.25, 0.3) is 28.0 Å². The first-order valence-electron chi connectivity index (χ1n) is 7.98. The number of nitrogens with one attached hydrogen (secondary N) is 1. The van der Waals surface area contributed by atoms with Crippen molar-refractivity contribution in [3.63, 3.8) is 0 Å². The van der Waals surface area contributed by atoms with E-state index in [1.54, 1.807) is 6.07 Å². The number of aromatic nitrogens is 3. The molecule has 0 saturated heterocycles. The number of nitrogens with zero attached hydrogens (tertiary/aromatic N) is 2. The minimum Gasteiger partial charge on any atom is -0.293 e. The Balaban J connectivity index is 2.00. The molecule has 124 valence electrons. The first kappa shape index (κ1) is 15.8. The van der Waals surface area contributed by atoms with Crippen LogP contribution in [-0.2, 0) is 0 Å². The highest BCUT2D eigenvalue weighted by atomic mass is 79.9. The molecule has 4 rings (SSSR count). The Morgan fingerprint density at radius 1 is 1.00 bits per heavy atom. The molecule has 0 aliphatic carbocycles.